The zero-order chi connectivity index (χ0) is 17.8. The van der Waals surface area contributed by atoms with Gasteiger partial charge in [0, 0.05) is 41.8 Å². The molecule has 7 heteroatoms. The van der Waals surface area contributed by atoms with Crippen molar-refractivity contribution in [1.29, 1.82) is 0 Å². The van der Waals surface area contributed by atoms with Crippen LogP contribution >= 0.6 is 11.8 Å². The van der Waals surface area contributed by atoms with Gasteiger partial charge in [-0.3, -0.25) is 14.5 Å². The maximum Gasteiger partial charge on any atom is 0.196 e. The van der Waals surface area contributed by atoms with Crippen LogP contribution in [0.2, 0.25) is 0 Å². The van der Waals surface area contributed by atoms with E-state index in [-0.39, 0.29) is 5.82 Å². The Balaban J connectivity index is 1.74. The molecule has 0 N–H and O–H groups in total. The molecule has 0 aliphatic rings. The van der Waals surface area contributed by atoms with Crippen molar-refractivity contribution >= 4 is 11.8 Å². The lowest BCUT2D eigenvalue weighted by Gasteiger charge is -2.10. The van der Waals surface area contributed by atoms with Gasteiger partial charge in [0.2, 0.25) is 0 Å². The van der Waals surface area contributed by atoms with Crippen LogP contribution in [0.15, 0.2) is 78.5 Å². The Hall–Kier alpha value is -3.06. The van der Waals surface area contributed by atoms with Crippen molar-refractivity contribution in [2.24, 2.45) is 0 Å². The van der Waals surface area contributed by atoms with E-state index in [0.717, 1.165) is 22.0 Å². The summed E-state index contributed by atoms with van der Waals surface area (Å²) in [5.74, 6) is 1.09. The number of halogens is 1. The summed E-state index contributed by atoms with van der Waals surface area (Å²) in [7, 11) is 0. The minimum absolute atomic E-state index is 0.283. The Labute approximate surface area is 154 Å². The first-order valence-electron chi connectivity index (χ1n) is 7.95. The van der Waals surface area contributed by atoms with Crippen molar-refractivity contribution in [3.8, 4) is 17.1 Å². The van der Waals surface area contributed by atoms with E-state index in [1.165, 1.54) is 12.1 Å². The predicted molar refractivity (Wildman–Crippen MR) is 98.3 cm³/mol. The lowest BCUT2D eigenvalue weighted by molar-refractivity contribution is 0.627. The molecule has 0 spiro atoms. The number of nitrogens with zero attached hydrogens (tertiary/aromatic N) is 5. The Kier molecular flexibility index (Phi) is 4.70. The van der Waals surface area contributed by atoms with E-state index in [1.54, 1.807) is 42.5 Å². The maximum atomic E-state index is 13.4. The van der Waals surface area contributed by atoms with E-state index in [2.05, 4.69) is 20.2 Å². The SMILES string of the molecule is Fc1ccc(-n2c(SCc3cccnc3)nnc2-c2cccnc2)cc1. The topological polar surface area (TPSA) is 56.5 Å². The minimum Gasteiger partial charge on any atom is -0.270 e. The first kappa shape index (κ1) is 16.4. The van der Waals surface area contributed by atoms with Gasteiger partial charge in [-0.1, -0.05) is 17.8 Å². The molecule has 128 valence electrons. The molecule has 26 heavy (non-hydrogen) atoms. The lowest BCUT2D eigenvalue weighted by Crippen LogP contribution is -2.00. The standard InChI is InChI=1S/C19H14FN5S/c20-16-5-7-17(8-6-16)25-18(15-4-2-10-22-12-15)23-24-19(25)26-13-14-3-1-9-21-11-14/h1-12H,13H2. The molecule has 0 atom stereocenters. The zero-order valence-electron chi connectivity index (χ0n) is 13.7. The molecule has 0 amide bonds. The lowest BCUT2D eigenvalue weighted by atomic mass is 10.2. The minimum atomic E-state index is -0.283. The molecule has 4 aromatic rings. The maximum absolute atomic E-state index is 13.4. The van der Waals surface area contributed by atoms with Crippen LogP contribution in [0.1, 0.15) is 5.56 Å². The zero-order valence-corrected chi connectivity index (χ0v) is 14.5. The molecule has 0 fully saturated rings. The van der Waals surface area contributed by atoms with Crippen LogP contribution in [0.3, 0.4) is 0 Å². The third-order valence-corrected chi connectivity index (χ3v) is 4.73. The summed E-state index contributed by atoms with van der Waals surface area (Å²) in [5.41, 5.74) is 2.73. The van der Waals surface area contributed by atoms with Crippen LogP contribution in [0.4, 0.5) is 4.39 Å². The molecule has 4 rings (SSSR count). The van der Waals surface area contributed by atoms with Gasteiger partial charge in [-0.2, -0.15) is 0 Å². The number of thioether (sulfide) groups is 1. The number of hydrogen-bond acceptors (Lipinski definition) is 5. The highest BCUT2D eigenvalue weighted by Crippen LogP contribution is 2.29. The quantitative estimate of drug-likeness (QED) is 0.499. The Morgan fingerprint density at radius 2 is 1.65 bits per heavy atom. The van der Waals surface area contributed by atoms with Gasteiger partial charge in [-0.25, -0.2) is 4.39 Å². The number of aromatic nitrogens is 5. The average Bonchev–Trinajstić information content (AvgIpc) is 3.12. The Bertz CT molecular complexity index is 988. The van der Waals surface area contributed by atoms with Gasteiger partial charge >= 0.3 is 0 Å². The summed E-state index contributed by atoms with van der Waals surface area (Å²) < 4.78 is 15.3. The van der Waals surface area contributed by atoms with Crippen LogP contribution in [0.5, 0.6) is 0 Å². The van der Waals surface area contributed by atoms with Gasteiger partial charge in [0.15, 0.2) is 11.0 Å². The van der Waals surface area contributed by atoms with E-state index >= 15 is 0 Å². The molecule has 0 saturated carbocycles. The van der Waals surface area contributed by atoms with E-state index in [0.29, 0.717) is 11.6 Å². The molecular weight excluding hydrogens is 349 g/mol. The molecule has 0 saturated heterocycles. The fourth-order valence-corrected chi connectivity index (χ4v) is 3.39. The first-order valence-corrected chi connectivity index (χ1v) is 8.93. The van der Waals surface area contributed by atoms with Crippen molar-refractivity contribution in [3.63, 3.8) is 0 Å². The Morgan fingerprint density at radius 3 is 2.35 bits per heavy atom. The summed E-state index contributed by atoms with van der Waals surface area (Å²) in [6.07, 6.45) is 7.02. The van der Waals surface area contributed by atoms with Crippen LogP contribution in [0, 0.1) is 5.82 Å². The van der Waals surface area contributed by atoms with Crippen LogP contribution in [0.25, 0.3) is 17.1 Å². The van der Waals surface area contributed by atoms with Gasteiger partial charge in [-0.15, -0.1) is 10.2 Å². The third-order valence-electron chi connectivity index (χ3n) is 3.73. The fraction of sp³-hybridized carbons (Fsp3) is 0.0526. The molecule has 0 aliphatic carbocycles. The van der Waals surface area contributed by atoms with Crippen LogP contribution in [-0.4, -0.2) is 24.7 Å². The summed E-state index contributed by atoms with van der Waals surface area (Å²) in [6, 6.07) is 14.0. The molecule has 0 radical (unpaired) electrons. The molecule has 0 bridgehead atoms. The second kappa shape index (κ2) is 7.45. The third kappa shape index (κ3) is 3.48. The largest absolute Gasteiger partial charge is 0.270 e. The van der Waals surface area contributed by atoms with Crippen molar-refractivity contribution in [1.82, 2.24) is 24.7 Å². The van der Waals surface area contributed by atoms with Crippen molar-refractivity contribution < 1.29 is 4.39 Å². The monoisotopic (exact) mass is 363 g/mol. The number of benzene rings is 1. The summed E-state index contributed by atoms with van der Waals surface area (Å²) in [5, 5.41) is 9.40. The highest BCUT2D eigenvalue weighted by atomic mass is 32.2. The van der Waals surface area contributed by atoms with Gasteiger partial charge in [0.25, 0.3) is 0 Å². The second-order valence-electron chi connectivity index (χ2n) is 5.51. The summed E-state index contributed by atoms with van der Waals surface area (Å²) in [6.45, 7) is 0. The number of rotatable bonds is 5. The van der Waals surface area contributed by atoms with Crippen molar-refractivity contribution in [2.45, 2.75) is 10.9 Å². The average molecular weight is 363 g/mol. The summed E-state index contributed by atoms with van der Waals surface area (Å²) in [4.78, 5) is 8.29. The summed E-state index contributed by atoms with van der Waals surface area (Å²) >= 11 is 1.55. The van der Waals surface area contributed by atoms with Crippen molar-refractivity contribution in [3.05, 3.63) is 84.7 Å². The van der Waals surface area contributed by atoms with Crippen LogP contribution in [-0.2, 0) is 5.75 Å². The highest BCUT2D eigenvalue weighted by Gasteiger charge is 2.16. The van der Waals surface area contributed by atoms with Gasteiger partial charge in [0.1, 0.15) is 5.82 Å². The Morgan fingerprint density at radius 1 is 0.885 bits per heavy atom. The highest BCUT2D eigenvalue weighted by molar-refractivity contribution is 7.98. The van der Waals surface area contributed by atoms with Crippen LogP contribution < -0.4 is 0 Å². The van der Waals surface area contributed by atoms with E-state index < -0.39 is 0 Å². The second-order valence-corrected chi connectivity index (χ2v) is 6.45. The molecule has 0 unspecified atom stereocenters. The van der Waals surface area contributed by atoms with Crippen molar-refractivity contribution in [2.75, 3.05) is 0 Å². The molecular formula is C19H14FN5S. The molecule has 5 nitrogen and oxygen atoms in total. The molecule has 0 aliphatic heterocycles. The van der Waals surface area contributed by atoms with Gasteiger partial charge in [0.05, 0.1) is 0 Å². The fourth-order valence-electron chi connectivity index (χ4n) is 2.50. The molecule has 3 aromatic heterocycles. The predicted octanol–water partition coefficient (Wildman–Crippen LogP) is 4.16. The number of pyridine rings is 2. The van der Waals surface area contributed by atoms with Gasteiger partial charge < -0.3 is 0 Å². The van der Waals surface area contributed by atoms with E-state index in [1.807, 2.05) is 35.0 Å². The smallest absolute Gasteiger partial charge is 0.196 e. The normalized spacial score (nSPS) is 10.8. The molecule has 1 aromatic carbocycles. The number of hydrogen-bond donors (Lipinski definition) is 0. The molecule has 3 heterocycles. The van der Waals surface area contributed by atoms with Gasteiger partial charge in [-0.05, 0) is 48.0 Å². The van der Waals surface area contributed by atoms with E-state index in [4.69, 9.17) is 0 Å². The first-order chi connectivity index (χ1) is 12.8. The van der Waals surface area contributed by atoms with E-state index in [9.17, 15) is 4.39 Å².